The summed E-state index contributed by atoms with van der Waals surface area (Å²) in [4.78, 5) is 0. The van der Waals surface area contributed by atoms with Gasteiger partial charge in [0.05, 0.1) is 10.8 Å². The lowest BCUT2D eigenvalue weighted by molar-refractivity contribution is 0.692. The van der Waals surface area contributed by atoms with E-state index in [1.807, 2.05) is 5.92 Å². The Labute approximate surface area is 45.6 Å². The molecule has 1 unspecified atom stereocenters. The normalized spacial score (nSPS) is 10.3. The van der Waals surface area contributed by atoms with Crippen molar-refractivity contribution in [3.05, 3.63) is 0 Å². The van der Waals surface area contributed by atoms with Crippen molar-refractivity contribution in [2.45, 2.75) is 0 Å². The fourth-order valence-electron chi connectivity index (χ4n) is 0.101. The van der Waals surface area contributed by atoms with Gasteiger partial charge in [0, 0.05) is 11.5 Å². The Morgan fingerprint density at radius 3 is 2.43 bits per heavy atom. The van der Waals surface area contributed by atoms with Crippen molar-refractivity contribution in [2.24, 2.45) is 0 Å². The molecule has 0 aromatic heterocycles. The summed E-state index contributed by atoms with van der Waals surface area (Å²) >= 11 is 0. The van der Waals surface area contributed by atoms with E-state index in [-0.39, 0.29) is 0 Å². The monoisotopic (exact) mass is 112 g/mol. The molecular formula is C5H4OS. The zero-order valence-electron chi connectivity index (χ0n) is 3.89. The molecule has 0 aromatic carbocycles. The maximum absolute atomic E-state index is 10.0. The topological polar surface area (TPSA) is 17.1 Å². The van der Waals surface area contributed by atoms with Crippen LogP contribution < -0.4 is 0 Å². The smallest absolute Gasteiger partial charge is 0.0953 e. The van der Waals surface area contributed by atoms with Gasteiger partial charge in [0.25, 0.3) is 0 Å². The third kappa shape index (κ3) is 5.27. The predicted molar refractivity (Wildman–Crippen MR) is 30.7 cm³/mol. The average molecular weight is 112 g/mol. The third-order valence-electron chi connectivity index (χ3n) is 0.267. The summed E-state index contributed by atoms with van der Waals surface area (Å²) in [6.45, 7) is 0. The molecule has 0 rings (SSSR count). The summed E-state index contributed by atoms with van der Waals surface area (Å²) in [6.07, 6.45) is 6.20. The molecule has 1 nitrogen and oxygen atoms in total. The first-order valence-corrected chi connectivity index (χ1v) is 3.13. The molecule has 0 aliphatic heterocycles. The Morgan fingerprint density at radius 2 is 2.29 bits per heavy atom. The van der Waals surface area contributed by atoms with E-state index in [1.165, 1.54) is 6.26 Å². The average Bonchev–Trinajstić information content (AvgIpc) is 1.61. The van der Waals surface area contributed by atoms with Crippen LogP contribution in [-0.4, -0.2) is 10.5 Å². The lowest BCUT2D eigenvalue weighted by atomic mass is 10.7. The van der Waals surface area contributed by atoms with E-state index in [2.05, 4.69) is 11.2 Å². The first-order valence-electron chi connectivity index (χ1n) is 1.57. The molecule has 0 aliphatic carbocycles. The second kappa shape index (κ2) is 3.46. The third-order valence-corrected chi connectivity index (χ3v) is 0.656. The highest BCUT2D eigenvalue weighted by atomic mass is 32.2. The summed E-state index contributed by atoms with van der Waals surface area (Å²) < 4.78 is 10.0. The molecule has 1 atom stereocenters. The van der Waals surface area contributed by atoms with Gasteiger partial charge in [-0.25, -0.2) is 4.21 Å². The standard InChI is InChI=1S/C5H4OS/c1-3-4-5-7(2)6/h1H,2H3. The van der Waals surface area contributed by atoms with Crippen LogP contribution in [0, 0.1) is 23.5 Å². The van der Waals surface area contributed by atoms with Gasteiger partial charge >= 0.3 is 0 Å². The largest absolute Gasteiger partial charge is 0.246 e. The van der Waals surface area contributed by atoms with Gasteiger partial charge in [0.15, 0.2) is 0 Å². The van der Waals surface area contributed by atoms with Crippen LogP contribution in [0.2, 0.25) is 0 Å². The molecule has 0 saturated heterocycles. The Kier molecular flexibility index (Phi) is 3.10. The van der Waals surface area contributed by atoms with Crippen LogP contribution in [0.5, 0.6) is 0 Å². The van der Waals surface area contributed by atoms with Crippen LogP contribution in [0.15, 0.2) is 0 Å². The molecule has 7 heavy (non-hydrogen) atoms. The summed E-state index contributed by atoms with van der Waals surface area (Å²) in [5, 5.41) is 2.28. The minimum absolute atomic E-state index is 1.07. The molecule has 36 valence electrons. The van der Waals surface area contributed by atoms with Crippen molar-refractivity contribution in [1.82, 2.24) is 0 Å². The van der Waals surface area contributed by atoms with E-state index >= 15 is 0 Å². The molecule has 0 amide bonds. The van der Waals surface area contributed by atoms with Crippen molar-refractivity contribution in [3.8, 4) is 23.5 Å². The maximum atomic E-state index is 10.0. The zero-order chi connectivity index (χ0) is 5.70. The lowest BCUT2D eigenvalue weighted by Crippen LogP contribution is -1.72. The SMILES string of the molecule is C#CC#CS(C)=O. The summed E-state index contributed by atoms with van der Waals surface area (Å²) in [7, 11) is -1.07. The second-order valence-electron chi connectivity index (χ2n) is 0.826. The molecule has 0 saturated carbocycles. The van der Waals surface area contributed by atoms with Gasteiger partial charge in [0.2, 0.25) is 0 Å². The van der Waals surface area contributed by atoms with Crippen LogP contribution in [0.25, 0.3) is 0 Å². The Morgan fingerprint density at radius 1 is 1.71 bits per heavy atom. The van der Waals surface area contributed by atoms with E-state index < -0.39 is 10.8 Å². The van der Waals surface area contributed by atoms with Gasteiger partial charge in [-0.05, 0) is 11.8 Å². The molecule has 2 heteroatoms. The Hall–Kier alpha value is -0.730. The fraction of sp³-hybridized carbons (Fsp3) is 0.200. The summed E-state index contributed by atoms with van der Waals surface area (Å²) in [5.74, 6) is 4.27. The fourth-order valence-corrected chi connectivity index (χ4v) is 0.304. The highest BCUT2D eigenvalue weighted by Gasteiger charge is 1.69. The number of rotatable bonds is 0. The highest BCUT2D eigenvalue weighted by molar-refractivity contribution is 7.89. The van der Waals surface area contributed by atoms with Gasteiger partial charge in [0.1, 0.15) is 0 Å². The van der Waals surface area contributed by atoms with Crippen LogP contribution >= 0.6 is 0 Å². The van der Waals surface area contributed by atoms with E-state index in [0.29, 0.717) is 0 Å². The predicted octanol–water partition coefficient (Wildman–Crippen LogP) is -0.0410. The van der Waals surface area contributed by atoms with Crippen molar-refractivity contribution in [1.29, 1.82) is 0 Å². The van der Waals surface area contributed by atoms with Crippen LogP contribution in [-0.2, 0) is 10.8 Å². The molecule has 0 N–H and O–H groups in total. The van der Waals surface area contributed by atoms with Crippen molar-refractivity contribution in [3.63, 3.8) is 0 Å². The molecule has 0 heterocycles. The number of hydrogen-bond acceptors (Lipinski definition) is 1. The summed E-state index contributed by atoms with van der Waals surface area (Å²) in [6, 6.07) is 0. The minimum atomic E-state index is -1.07. The first kappa shape index (κ1) is 6.27. The van der Waals surface area contributed by atoms with E-state index in [4.69, 9.17) is 6.42 Å². The zero-order valence-corrected chi connectivity index (χ0v) is 4.71. The van der Waals surface area contributed by atoms with E-state index in [9.17, 15) is 4.21 Å². The highest BCUT2D eigenvalue weighted by Crippen LogP contribution is 1.61. The molecule has 0 aliphatic rings. The van der Waals surface area contributed by atoms with Gasteiger partial charge in [-0.15, -0.1) is 6.42 Å². The van der Waals surface area contributed by atoms with E-state index in [0.717, 1.165) is 0 Å². The van der Waals surface area contributed by atoms with Crippen LogP contribution in [0.1, 0.15) is 0 Å². The minimum Gasteiger partial charge on any atom is -0.246 e. The van der Waals surface area contributed by atoms with Gasteiger partial charge in [-0.2, -0.15) is 0 Å². The Balaban J connectivity index is 3.74. The van der Waals surface area contributed by atoms with Crippen LogP contribution in [0.4, 0.5) is 0 Å². The first-order chi connectivity index (χ1) is 3.27. The van der Waals surface area contributed by atoms with Gasteiger partial charge in [-0.1, -0.05) is 0 Å². The van der Waals surface area contributed by atoms with Gasteiger partial charge < -0.3 is 0 Å². The molecule has 0 radical (unpaired) electrons. The van der Waals surface area contributed by atoms with E-state index in [1.54, 1.807) is 0 Å². The maximum Gasteiger partial charge on any atom is 0.0953 e. The second-order valence-corrected chi connectivity index (χ2v) is 1.94. The van der Waals surface area contributed by atoms with Crippen molar-refractivity contribution >= 4 is 10.8 Å². The molecular weight excluding hydrogens is 108 g/mol. The molecule has 0 bridgehead atoms. The Bertz CT molecular complexity index is 165. The summed E-state index contributed by atoms with van der Waals surface area (Å²) in [5.41, 5.74) is 0. The molecule has 0 fully saturated rings. The molecule has 0 aromatic rings. The number of terminal acetylenes is 1. The van der Waals surface area contributed by atoms with Gasteiger partial charge in [-0.3, -0.25) is 0 Å². The van der Waals surface area contributed by atoms with Crippen molar-refractivity contribution in [2.75, 3.05) is 6.26 Å². The lowest BCUT2D eigenvalue weighted by Gasteiger charge is -1.64. The van der Waals surface area contributed by atoms with Crippen LogP contribution in [0.3, 0.4) is 0 Å². The number of hydrogen-bond donors (Lipinski definition) is 0. The van der Waals surface area contributed by atoms with Crippen molar-refractivity contribution < 1.29 is 4.21 Å². The quantitative estimate of drug-likeness (QED) is 0.402. The molecule has 0 spiro atoms.